The minimum absolute atomic E-state index is 0.0602. The highest BCUT2D eigenvalue weighted by atomic mass is 31.1. The van der Waals surface area contributed by atoms with E-state index in [0.717, 1.165) is 5.56 Å². The van der Waals surface area contributed by atoms with Crippen LogP contribution in [0.15, 0.2) is 54.9 Å². The SMILES string of the molecule is O=C(O)C(CCc1ccncc1)(c1ccccc1)[PH](=O)O. The van der Waals surface area contributed by atoms with Crippen molar-refractivity contribution < 1.29 is 19.4 Å². The maximum atomic E-state index is 11.9. The van der Waals surface area contributed by atoms with Gasteiger partial charge in [-0.3, -0.25) is 14.3 Å². The number of carboxylic acid groups (broad SMARTS) is 1. The minimum Gasteiger partial charge on any atom is -0.480 e. The van der Waals surface area contributed by atoms with Crippen LogP contribution in [0.1, 0.15) is 17.5 Å². The Morgan fingerprint density at radius 1 is 1.14 bits per heavy atom. The third kappa shape index (κ3) is 3.20. The Morgan fingerprint density at radius 3 is 2.29 bits per heavy atom. The van der Waals surface area contributed by atoms with E-state index in [9.17, 15) is 19.4 Å². The van der Waals surface area contributed by atoms with Crippen LogP contribution in [-0.4, -0.2) is 21.0 Å². The molecule has 1 aromatic carbocycles. The summed E-state index contributed by atoms with van der Waals surface area (Å²) in [4.78, 5) is 25.4. The fraction of sp³-hybridized carbons (Fsp3) is 0.200. The summed E-state index contributed by atoms with van der Waals surface area (Å²) in [5.74, 6) is -1.27. The van der Waals surface area contributed by atoms with Crippen LogP contribution >= 0.6 is 8.03 Å². The normalized spacial score (nSPS) is 15.1. The van der Waals surface area contributed by atoms with Crippen molar-refractivity contribution in [3.63, 3.8) is 0 Å². The van der Waals surface area contributed by atoms with Crippen LogP contribution in [0.3, 0.4) is 0 Å². The third-order valence-corrected chi connectivity index (χ3v) is 5.02. The zero-order valence-corrected chi connectivity index (χ0v) is 12.3. The van der Waals surface area contributed by atoms with Crippen molar-refractivity contribution in [2.45, 2.75) is 18.0 Å². The van der Waals surface area contributed by atoms with Gasteiger partial charge in [-0.05, 0) is 36.1 Å². The maximum Gasteiger partial charge on any atom is 0.323 e. The average molecular weight is 305 g/mol. The minimum atomic E-state index is -3.32. The van der Waals surface area contributed by atoms with Gasteiger partial charge in [0.2, 0.25) is 8.03 Å². The number of hydrogen-bond donors (Lipinski definition) is 2. The summed E-state index contributed by atoms with van der Waals surface area (Å²) >= 11 is 0. The lowest BCUT2D eigenvalue weighted by molar-refractivity contribution is -0.140. The fourth-order valence-corrected chi connectivity index (χ4v) is 3.24. The lowest BCUT2D eigenvalue weighted by Gasteiger charge is -2.27. The van der Waals surface area contributed by atoms with E-state index in [1.165, 1.54) is 0 Å². The van der Waals surface area contributed by atoms with Crippen molar-refractivity contribution in [2.24, 2.45) is 0 Å². The van der Waals surface area contributed by atoms with Crippen molar-refractivity contribution in [1.82, 2.24) is 4.98 Å². The van der Waals surface area contributed by atoms with Crippen molar-refractivity contribution in [2.75, 3.05) is 0 Å². The van der Waals surface area contributed by atoms with Crippen molar-refractivity contribution in [3.05, 3.63) is 66.0 Å². The summed E-state index contributed by atoms with van der Waals surface area (Å²) in [5, 5.41) is 7.82. The zero-order valence-electron chi connectivity index (χ0n) is 11.3. The van der Waals surface area contributed by atoms with Gasteiger partial charge in [0.25, 0.3) is 0 Å². The Kier molecular flexibility index (Phi) is 4.89. The lowest BCUT2D eigenvalue weighted by Crippen LogP contribution is -2.33. The molecule has 2 aromatic rings. The maximum absolute atomic E-state index is 11.9. The monoisotopic (exact) mass is 305 g/mol. The molecule has 0 saturated carbocycles. The van der Waals surface area contributed by atoms with E-state index in [2.05, 4.69) is 4.98 Å². The first kappa shape index (κ1) is 15.4. The highest BCUT2D eigenvalue weighted by Crippen LogP contribution is 2.48. The molecule has 0 bridgehead atoms. The second kappa shape index (κ2) is 6.66. The number of carboxylic acids is 1. The number of aryl methyl sites for hydroxylation is 1. The van der Waals surface area contributed by atoms with E-state index in [1.54, 1.807) is 54.9 Å². The number of rotatable bonds is 6. The van der Waals surface area contributed by atoms with Gasteiger partial charge in [-0.25, -0.2) is 0 Å². The van der Waals surface area contributed by atoms with E-state index in [0.29, 0.717) is 12.0 Å². The van der Waals surface area contributed by atoms with E-state index < -0.39 is 19.2 Å². The average Bonchev–Trinajstić information content (AvgIpc) is 2.49. The molecule has 0 radical (unpaired) electrons. The van der Waals surface area contributed by atoms with Crippen LogP contribution in [-0.2, 0) is 20.9 Å². The number of hydrogen-bond acceptors (Lipinski definition) is 3. The number of pyridine rings is 1. The molecular weight excluding hydrogens is 289 g/mol. The fourth-order valence-electron chi connectivity index (χ4n) is 2.30. The van der Waals surface area contributed by atoms with E-state index in [1.807, 2.05) is 0 Å². The van der Waals surface area contributed by atoms with Gasteiger partial charge in [-0.15, -0.1) is 0 Å². The van der Waals surface area contributed by atoms with Gasteiger partial charge in [-0.2, -0.15) is 0 Å². The second-order valence-corrected chi connectivity index (χ2v) is 6.20. The van der Waals surface area contributed by atoms with Crippen LogP contribution in [0, 0.1) is 0 Å². The van der Waals surface area contributed by atoms with Crippen molar-refractivity contribution in [1.29, 1.82) is 0 Å². The molecule has 0 aliphatic rings. The van der Waals surface area contributed by atoms with Crippen LogP contribution in [0.2, 0.25) is 0 Å². The molecule has 0 aliphatic carbocycles. The highest BCUT2D eigenvalue weighted by molar-refractivity contribution is 7.41. The number of nitrogens with zero attached hydrogens (tertiary/aromatic N) is 1. The van der Waals surface area contributed by atoms with Gasteiger partial charge in [-0.1, -0.05) is 30.3 Å². The van der Waals surface area contributed by atoms with Crippen LogP contribution in [0.25, 0.3) is 0 Å². The lowest BCUT2D eigenvalue weighted by atomic mass is 9.91. The molecule has 0 fully saturated rings. The van der Waals surface area contributed by atoms with Crippen molar-refractivity contribution in [3.8, 4) is 0 Å². The standard InChI is InChI=1S/C15H16NO4P/c17-14(18)15(21(19)20,13-4-2-1-3-5-13)9-6-12-7-10-16-11-8-12/h1-5,7-8,10-11,21H,6,9H2,(H,17,18)(H,19,20). The molecule has 2 atom stereocenters. The Hall–Kier alpha value is -1.97. The Balaban J connectivity index is 2.37. The molecule has 0 amide bonds. The first-order valence-electron chi connectivity index (χ1n) is 6.48. The molecule has 6 heteroatoms. The molecular formula is C15H16NO4P. The third-order valence-electron chi connectivity index (χ3n) is 3.53. The van der Waals surface area contributed by atoms with Crippen LogP contribution in [0.4, 0.5) is 0 Å². The molecule has 5 nitrogen and oxygen atoms in total. The van der Waals surface area contributed by atoms with Gasteiger partial charge in [0.15, 0.2) is 5.16 Å². The molecule has 0 aliphatic heterocycles. The van der Waals surface area contributed by atoms with E-state index in [-0.39, 0.29) is 6.42 Å². The summed E-state index contributed by atoms with van der Waals surface area (Å²) in [6.45, 7) is 0. The Morgan fingerprint density at radius 2 is 1.76 bits per heavy atom. The predicted octanol–water partition coefficient (Wildman–Crippen LogP) is 2.46. The molecule has 2 rings (SSSR count). The smallest absolute Gasteiger partial charge is 0.323 e. The van der Waals surface area contributed by atoms with Crippen molar-refractivity contribution >= 4 is 14.0 Å². The van der Waals surface area contributed by atoms with Gasteiger partial charge in [0.05, 0.1) is 0 Å². The Bertz CT molecular complexity index is 617. The van der Waals surface area contributed by atoms with Gasteiger partial charge < -0.3 is 10.00 Å². The summed E-state index contributed by atoms with van der Waals surface area (Å²) in [6, 6.07) is 11.8. The molecule has 1 heterocycles. The summed E-state index contributed by atoms with van der Waals surface area (Å²) in [5.41, 5.74) is 1.24. The highest BCUT2D eigenvalue weighted by Gasteiger charge is 2.45. The van der Waals surface area contributed by atoms with Gasteiger partial charge >= 0.3 is 5.97 Å². The molecule has 2 N–H and O–H groups in total. The molecule has 0 spiro atoms. The van der Waals surface area contributed by atoms with Crippen LogP contribution < -0.4 is 0 Å². The number of aromatic nitrogens is 1. The zero-order chi connectivity index (χ0) is 15.3. The van der Waals surface area contributed by atoms with E-state index >= 15 is 0 Å². The first-order chi connectivity index (χ1) is 10.1. The predicted molar refractivity (Wildman–Crippen MR) is 79.5 cm³/mol. The molecule has 110 valence electrons. The largest absolute Gasteiger partial charge is 0.480 e. The van der Waals surface area contributed by atoms with Gasteiger partial charge in [0.1, 0.15) is 0 Å². The molecule has 0 saturated heterocycles. The topological polar surface area (TPSA) is 87.5 Å². The molecule has 21 heavy (non-hydrogen) atoms. The van der Waals surface area contributed by atoms with Gasteiger partial charge in [0, 0.05) is 12.4 Å². The first-order valence-corrected chi connectivity index (χ1v) is 7.84. The number of benzene rings is 1. The number of aliphatic carboxylic acids is 1. The van der Waals surface area contributed by atoms with E-state index in [4.69, 9.17) is 0 Å². The number of carbonyl (C=O) groups is 1. The quantitative estimate of drug-likeness (QED) is 0.800. The molecule has 1 aromatic heterocycles. The Labute approximate surface area is 123 Å². The summed E-state index contributed by atoms with van der Waals surface area (Å²) in [6.07, 6.45) is 3.68. The molecule has 2 unspecified atom stereocenters. The summed E-state index contributed by atoms with van der Waals surface area (Å²) in [7, 11) is -3.32. The van der Waals surface area contributed by atoms with Crippen LogP contribution in [0.5, 0.6) is 0 Å². The summed E-state index contributed by atoms with van der Waals surface area (Å²) < 4.78 is 11.9. The second-order valence-electron chi connectivity index (χ2n) is 4.74.